The Bertz CT molecular complexity index is 3740. The van der Waals surface area contributed by atoms with Crippen LogP contribution in [0.3, 0.4) is 0 Å². The van der Waals surface area contributed by atoms with E-state index in [9.17, 15) is 63.3 Å². The molecule has 11 amide bonds. The van der Waals surface area contributed by atoms with E-state index >= 15 is 9.59 Å². The summed E-state index contributed by atoms with van der Waals surface area (Å²) in [5.41, 5.74) is 21.4. The third kappa shape index (κ3) is 23.1. The number of phenolic OH excluding ortho intramolecular Hbond substituents is 1. The van der Waals surface area contributed by atoms with Crippen molar-refractivity contribution in [3.8, 4) is 5.75 Å². The van der Waals surface area contributed by atoms with Crippen LogP contribution in [0.2, 0.25) is 0 Å². The van der Waals surface area contributed by atoms with Crippen LogP contribution in [-0.2, 0) is 83.2 Å². The number of amides is 11. The molecule has 19 N–H and O–H groups in total. The number of aliphatic hydroxyl groups is 1. The molecule has 0 radical (unpaired) electrons. The first-order valence-electron chi connectivity index (χ1n) is 32.9. The van der Waals surface area contributed by atoms with Crippen molar-refractivity contribution in [2.75, 3.05) is 33.3 Å². The third-order valence-corrected chi connectivity index (χ3v) is 17.0. The Kier molecular flexibility index (Phi) is 29.0. The second-order valence-corrected chi connectivity index (χ2v) is 25.4. The molecule has 1 saturated heterocycles. The quantitative estimate of drug-likeness (QED) is 0.0123. The number of carbonyl (C=O) groups excluding carboxylic acids is 11. The van der Waals surface area contributed by atoms with Crippen LogP contribution >= 0.6 is 0 Å². The van der Waals surface area contributed by atoms with E-state index in [1.165, 1.54) is 53.6 Å². The minimum atomic E-state index is -1.85. The summed E-state index contributed by atoms with van der Waals surface area (Å²) in [5, 5.41) is 52.2. The van der Waals surface area contributed by atoms with Crippen molar-refractivity contribution in [1.29, 1.82) is 0 Å². The number of phenols is 1. The Morgan fingerprint density at radius 1 is 0.710 bits per heavy atom. The molecule has 3 heterocycles. The number of H-pyrrole nitrogens is 2. The number of aliphatic hydroxyl groups excluding tert-OH is 1. The molecule has 0 aliphatic carbocycles. The molecule has 0 saturated carbocycles. The lowest BCUT2D eigenvalue weighted by molar-refractivity contribution is -0.145. The van der Waals surface area contributed by atoms with E-state index in [1.807, 2.05) is 46.8 Å². The van der Waals surface area contributed by atoms with Gasteiger partial charge < -0.3 is 94.8 Å². The maximum atomic E-state index is 15.5. The molecule has 0 spiro atoms. The van der Waals surface area contributed by atoms with Gasteiger partial charge in [-0.15, -0.1) is 0 Å². The van der Waals surface area contributed by atoms with Gasteiger partial charge >= 0.3 is 5.97 Å². The Hall–Kier alpha value is -10.9. The number of aliphatic carboxylic acids is 1. The van der Waals surface area contributed by atoms with Gasteiger partial charge in [-0.25, -0.2) is 4.98 Å². The van der Waals surface area contributed by atoms with Crippen molar-refractivity contribution in [3.05, 3.63) is 118 Å². The number of carboxylic acid groups (broad SMARTS) is 1. The number of aromatic amines is 2. The van der Waals surface area contributed by atoms with Crippen LogP contribution < -0.4 is 59.7 Å². The molecule has 540 valence electrons. The van der Waals surface area contributed by atoms with Gasteiger partial charge in [-0.05, 0) is 111 Å². The van der Waals surface area contributed by atoms with Gasteiger partial charge in [-0.2, -0.15) is 0 Å². The number of rotatable bonds is 37. The number of fused-ring (bicyclic) bond motifs is 1. The van der Waals surface area contributed by atoms with E-state index in [4.69, 9.17) is 17.2 Å². The molecule has 32 nitrogen and oxygen atoms in total. The smallest absolute Gasteiger partial charge is 0.303 e. The predicted octanol–water partition coefficient (Wildman–Crippen LogP) is -1.42. The number of likely N-dealkylation sites (N-methyl/N-ethyl adjacent to an activating group) is 1. The highest BCUT2D eigenvalue weighted by Crippen LogP contribution is 2.25. The molecule has 32 heteroatoms. The third-order valence-electron chi connectivity index (χ3n) is 17.0. The fraction of sp³-hybridized carbons (Fsp3) is 0.471. The fourth-order valence-electron chi connectivity index (χ4n) is 12.0. The van der Waals surface area contributed by atoms with Crippen molar-refractivity contribution in [2.45, 2.75) is 167 Å². The lowest BCUT2D eigenvalue weighted by Gasteiger charge is -2.34. The molecule has 2 aromatic heterocycles. The number of primary amides is 1. The molecule has 5 aromatic rings. The fourth-order valence-corrected chi connectivity index (χ4v) is 12.0. The first-order chi connectivity index (χ1) is 47.4. The van der Waals surface area contributed by atoms with Gasteiger partial charge in [-0.3, -0.25) is 62.5 Å². The zero-order valence-corrected chi connectivity index (χ0v) is 57.1. The van der Waals surface area contributed by atoms with Crippen LogP contribution in [0.5, 0.6) is 5.75 Å². The molecular weight excluding hydrogens is 1290 g/mol. The standard InChI is InChI=1S/C68H93N17O15/c1-36(2)24-56(65(98)78-49(14-10-22-73-68(70)71)67(100)85-23-11-15-55(85)64(97)75-33-57(69)89)84(7)66(99)53(30-46-38(4)25-37(3)26-39(46)5)82-60(93)50(27-41-16-18-44(88)19-17-41)79-63(96)54(34-86)83-61(94)51(28-42-31-74-47-13-9-8-12-45(42)47)80-62(95)52(29-43-32-72-35-76-43)81-59(92)48(77-40(6)87)20-21-58(90)91/h8-9,12-13,16-19,25-26,31-32,35-36,48-56,74,86,88H,10-11,14-15,20-24,27-30,33-34H2,1-7H3,(H2,69,89)(H,72,76)(H,75,97)(H,77,87)(H,78,98)(H,79,96)(H,80,95)(H,81,92)(H,82,93)(H,83,94)(H,90,91)(H4,70,71,73)/t48-,49-,50-,51-,52-,53+,54-,55-,56-/m0/s1. The largest absolute Gasteiger partial charge is 0.508 e. The molecule has 0 unspecified atom stereocenters. The number of imidazole rings is 1. The number of carbonyl (C=O) groups is 12. The zero-order valence-electron chi connectivity index (χ0n) is 57.1. The van der Waals surface area contributed by atoms with Crippen LogP contribution in [0, 0.1) is 26.7 Å². The van der Waals surface area contributed by atoms with Crippen LogP contribution in [0.1, 0.15) is 105 Å². The molecule has 1 aliphatic rings. The van der Waals surface area contributed by atoms with E-state index in [1.54, 1.807) is 30.5 Å². The van der Waals surface area contributed by atoms with Crippen molar-refractivity contribution in [1.82, 2.24) is 67.3 Å². The van der Waals surface area contributed by atoms with E-state index in [0.717, 1.165) is 23.6 Å². The number of guanidine groups is 1. The summed E-state index contributed by atoms with van der Waals surface area (Å²) >= 11 is 0. The lowest BCUT2D eigenvalue weighted by atomic mass is 9.93. The SMILES string of the molecule is CC(=O)N[C@@H](CCC(=O)O)C(=O)N[C@@H](Cc1cnc[nH]1)C(=O)N[C@@H](Cc1c[nH]c2ccccc12)C(=O)N[C@@H](CO)C(=O)N[C@@H](Cc1ccc(O)cc1)C(=O)N[C@H](Cc1c(C)cc(C)cc1C)C(=O)N(C)[C@@H](CC(C)C)C(=O)N[C@@H](CCCN=C(N)N)C(=O)N1CCC[C@H]1C(=O)NCC(N)=O. The van der Waals surface area contributed by atoms with Crippen molar-refractivity contribution in [3.63, 3.8) is 0 Å². The molecule has 6 rings (SSSR count). The summed E-state index contributed by atoms with van der Waals surface area (Å²) < 4.78 is 0. The Labute approximate surface area is 577 Å². The Morgan fingerprint density at radius 3 is 1.89 bits per heavy atom. The topological polar surface area (TPSA) is 503 Å². The first-order valence-corrected chi connectivity index (χ1v) is 32.9. The van der Waals surface area contributed by atoms with E-state index in [-0.39, 0.29) is 88.5 Å². The van der Waals surface area contributed by atoms with Crippen LogP contribution in [0.15, 0.2) is 84.4 Å². The van der Waals surface area contributed by atoms with Gasteiger partial charge in [0.2, 0.25) is 65.0 Å². The van der Waals surface area contributed by atoms with Crippen molar-refractivity contribution in [2.24, 2.45) is 28.1 Å². The number of benzene rings is 3. The molecule has 0 bridgehead atoms. The predicted molar refractivity (Wildman–Crippen MR) is 366 cm³/mol. The number of likely N-dealkylation sites (tertiary alicyclic amines) is 1. The number of nitrogens with two attached hydrogens (primary N) is 3. The van der Waals surface area contributed by atoms with Crippen LogP contribution in [0.4, 0.5) is 0 Å². The molecule has 9 atom stereocenters. The summed E-state index contributed by atoms with van der Waals surface area (Å²) in [4.78, 5) is 183. The highest BCUT2D eigenvalue weighted by atomic mass is 16.4. The number of carboxylic acids is 1. The number of para-hydroxylation sites is 1. The Morgan fingerprint density at radius 2 is 1.30 bits per heavy atom. The van der Waals surface area contributed by atoms with Gasteiger partial charge in [0.15, 0.2) is 5.96 Å². The summed E-state index contributed by atoms with van der Waals surface area (Å²) in [5.74, 6) is -11.0. The van der Waals surface area contributed by atoms with Gasteiger partial charge in [-0.1, -0.05) is 61.9 Å². The second-order valence-electron chi connectivity index (χ2n) is 25.4. The highest BCUT2D eigenvalue weighted by Gasteiger charge is 2.41. The number of hydrogen-bond acceptors (Lipinski definition) is 16. The summed E-state index contributed by atoms with van der Waals surface area (Å²) in [6, 6.07) is 3.44. The highest BCUT2D eigenvalue weighted by molar-refractivity contribution is 5.99. The van der Waals surface area contributed by atoms with Crippen LogP contribution in [0.25, 0.3) is 10.9 Å². The van der Waals surface area contributed by atoms with Gasteiger partial charge in [0.1, 0.15) is 60.1 Å². The van der Waals surface area contributed by atoms with Gasteiger partial charge in [0.25, 0.3) is 0 Å². The van der Waals surface area contributed by atoms with E-state index in [2.05, 4.69) is 62.5 Å². The maximum Gasteiger partial charge on any atom is 0.303 e. The molecule has 1 aliphatic heterocycles. The average molecular weight is 1390 g/mol. The van der Waals surface area contributed by atoms with E-state index < -0.39 is 145 Å². The van der Waals surface area contributed by atoms with Crippen molar-refractivity contribution >= 4 is 87.8 Å². The summed E-state index contributed by atoms with van der Waals surface area (Å²) in [7, 11) is 1.38. The zero-order chi connectivity index (χ0) is 73.5. The van der Waals surface area contributed by atoms with Gasteiger partial charge in [0.05, 0.1) is 19.5 Å². The normalized spacial score (nSPS) is 15.1. The molecular formula is C68H93N17O15. The van der Waals surface area contributed by atoms with E-state index in [0.29, 0.717) is 39.7 Å². The number of aliphatic imine (C=N–C) groups is 1. The number of nitrogens with zero attached hydrogens (tertiary/aromatic N) is 4. The second kappa shape index (κ2) is 37.2. The van der Waals surface area contributed by atoms with Crippen LogP contribution in [-0.4, -0.2) is 205 Å². The maximum absolute atomic E-state index is 15.5. The Balaban J connectivity index is 1.33. The molecule has 100 heavy (non-hydrogen) atoms. The number of aromatic nitrogens is 3. The van der Waals surface area contributed by atoms with Gasteiger partial charge in [0, 0.05) is 88.2 Å². The monoisotopic (exact) mass is 1390 g/mol. The van der Waals surface area contributed by atoms with Crippen molar-refractivity contribution < 1.29 is 72.9 Å². The molecule has 1 fully saturated rings. The minimum Gasteiger partial charge on any atom is -0.508 e. The summed E-state index contributed by atoms with van der Waals surface area (Å²) in [6.07, 6.45) is 3.34. The minimum absolute atomic E-state index is 0.0147. The number of hydrogen-bond donors (Lipinski definition) is 16. The number of aromatic hydroxyl groups is 1. The first kappa shape index (κ1) is 78.1. The lowest BCUT2D eigenvalue weighted by Crippen LogP contribution is -2.62. The average Bonchev–Trinajstić information content (AvgIpc) is 1.42. The number of aryl methyl sites for hydroxylation is 3. The summed E-state index contributed by atoms with van der Waals surface area (Å²) in [6.45, 7) is 8.97. The molecule has 3 aromatic carbocycles. The number of nitrogens with one attached hydrogen (secondary N) is 10.